The molecule has 0 aliphatic heterocycles. The number of carbonyl (C=O) groups excluding carboxylic acids is 1. The molecule has 0 atom stereocenters. The second kappa shape index (κ2) is 9.37. The van der Waals surface area contributed by atoms with Crippen molar-refractivity contribution in [1.82, 2.24) is 0 Å². The highest BCUT2D eigenvalue weighted by Gasteiger charge is 2.26. The second-order valence-electron chi connectivity index (χ2n) is 7.41. The molecule has 0 bridgehead atoms. The van der Waals surface area contributed by atoms with Crippen LogP contribution in [0.4, 0.5) is 0 Å². The molecule has 4 heteroatoms. The molecular formula is C22H30O4. The van der Waals surface area contributed by atoms with E-state index in [-0.39, 0.29) is 11.0 Å². The van der Waals surface area contributed by atoms with Gasteiger partial charge in [-0.15, -0.1) is 0 Å². The second-order valence-corrected chi connectivity index (χ2v) is 7.41. The summed E-state index contributed by atoms with van der Waals surface area (Å²) < 4.78 is 4.75. The third kappa shape index (κ3) is 6.17. The Morgan fingerprint density at radius 2 is 1.85 bits per heavy atom. The Hall–Kier alpha value is -2.36. The Morgan fingerprint density at radius 1 is 1.19 bits per heavy atom. The zero-order valence-electron chi connectivity index (χ0n) is 16.7. The average Bonchev–Trinajstić information content (AvgIpc) is 2.52. The number of carbonyl (C=O) groups is 2. The van der Waals surface area contributed by atoms with E-state index in [4.69, 9.17) is 9.84 Å². The van der Waals surface area contributed by atoms with Crippen molar-refractivity contribution in [3.05, 3.63) is 58.2 Å². The molecule has 0 amide bonds. The van der Waals surface area contributed by atoms with Crippen molar-refractivity contribution in [1.29, 1.82) is 0 Å². The number of ether oxygens (including phenoxy) is 1. The van der Waals surface area contributed by atoms with Crippen molar-refractivity contribution < 1.29 is 19.4 Å². The van der Waals surface area contributed by atoms with E-state index < -0.39 is 11.9 Å². The summed E-state index contributed by atoms with van der Waals surface area (Å²) in [7, 11) is 1.28. The Bertz CT molecular complexity index is 712. The Morgan fingerprint density at radius 3 is 2.38 bits per heavy atom. The van der Waals surface area contributed by atoms with Gasteiger partial charge >= 0.3 is 11.9 Å². The van der Waals surface area contributed by atoms with Crippen molar-refractivity contribution in [3.63, 3.8) is 0 Å². The number of carboxylic acids is 1. The van der Waals surface area contributed by atoms with Gasteiger partial charge in [0.2, 0.25) is 0 Å². The molecule has 26 heavy (non-hydrogen) atoms. The summed E-state index contributed by atoms with van der Waals surface area (Å²) in [5.41, 5.74) is 4.52. The normalized spacial score (nSPS) is 19.1. The first-order valence-electron chi connectivity index (χ1n) is 8.85. The first-order chi connectivity index (χ1) is 12.1. The fourth-order valence-electron chi connectivity index (χ4n) is 3.23. The summed E-state index contributed by atoms with van der Waals surface area (Å²) in [5.74, 6) is -1.65. The van der Waals surface area contributed by atoms with Gasteiger partial charge in [0.05, 0.1) is 12.7 Å². The monoisotopic (exact) mass is 358 g/mol. The van der Waals surface area contributed by atoms with Crippen molar-refractivity contribution in [2.45, 2.75) is 53.9 Å². The highest BCUT2D eigenvalue weighted by atomic mass is 16.5. The highest BCUT2D eigenvalue weighted by Crippen LogP contribution is 2.40. The summed E-state index contributed by atoms with van der Waals surface area (Å²) in [4.78, 5) is 22.7. The lowest BCUT2D eigenvalue weighted by molar-refractivity contribution is -0.135. The van der Waals surface area contributed by atoms with Gasteiger partial charge in [-0.05, 0) is 62.7 Å². The van der Waals surface area contributed by atoms with Crippen LogP contribution in [0.25, 0.3) is 0 Å². The molecule has 0 heterocycles. The van der Waals surface area contributed by atoms with Crippen LogP contribution < -0.4 is 0 Å². The Labute approximate surface area is 156 Å². The number of methoxy groups -OCH3 is 1. The molecule has 0 saturated heterocycles. The lowest BCUT2D eigenvalue weighted by Gasteiger charge is -2.32. The number of rotatable bonds is 6. The maximum Gasteiger partial charge on any atom is 0.338 e. The molecule has 0 fully saturated rings. The summed E-state index contributed by atoms with van der Waals surface area (Å²) in [6.45, 7) is 10.3. The molecule has 0 aromatic heterocycles. The van der Waals surface area contributed by atoms with E-state index in [1.807, 2.05) is 13.0 Å². The summed E-state index contributed by atoms with van der Waals surface area (Å²) in [5, 5.41) is 8.88. The van der Waals surface area contributed by atoms with Crippen molar-refractivity contribution in [2.75, 3.05) is 7.11 Å². The summed E-state index contributed by atoms with van der Waals surface area (Å²) in [6.07, 6.45) is 12.1. The fourth-order valence-corrected chi connectivity index (χ4v) is 3.23. The van der Waals surface area contributed by atoms with Crippen LogP contribution in [-0.2, 0) is 14.3 Å². The molecule has 4 nitrogen and oxygen atoms in total. The van der Waals surface area contributed by atoms with Crippen LogP contribution in [0.2, 0.25) is 0 Å². The SMILES string of the molecule is COC(=O)C(=C/C=C(C)/C=C/C1=C(C)CCCC1(C)C)/C(C)=C\C(=O)O. The number of allylic oxidation sites excluding steroid dienone is 7. The average molecular weight is 358 g/mol. The van der Waals surface area contributed by atoms with Gasteiger partial charge in [-0.2, -0.15) is 0 Å². The third-order valence-electron chi connectivity index (χ3n) is 4.74. The number of carboxylic acid groups (broad SMARTS) is 1. The van der Waals surface area contributed by atoms with Crippen molar-refractivity contribution >= 4 is 11.9 Å². The standard InChI is InChI=1S/C22H30O4/c1-15(10-12-19-16(2)8-7-13-22(19,4)5)9-11-18(21(25)26-6)17(3)14-20(23)24/h9-12,14H,7-8,13H2,1-6H3,(H,23,24)/b12-10+,15-9+,17-14-,18-11+. The van der Waals surface area contributed by atoms with Gasteiger partial charge in [-0.25, -0.2) is 9.59 Å². The zero-order chi connectivity index (χ0) is 19.9. The minimum absolute atomic E-state index is 0.174. The topological polar surface area (TPSA) is 63.6 Å². The van der Waals surface area contributed by atoms with Crippen molar-refractivity contribution in [3.8, 4) is 0 Å². The minimum atomic E-state index is -1.10. The molecule has 1 rings (SSSR count). The molecule has 1 aliphatic carbocycles. The smallest absolute Gasteiger partial charge is 0.338 e. The number of esters is 1. The molecule has 0 unspecified atom stereocenters. The first kappa shape index (κ1) is 21.7. The molecule has 1 N–H and O–H groups in total. The van der Waals surface area contributed by atoms with Gasteiger partial charge in [0.25, 0.3) is 0 Å². The van der Waals surface area contributed by atoms with E-state index in [2.05, 4.69) is 26.8 Å². The number of aliphatic carboxylic acids is 1. The van der Waals surface area contributed by atoms with Crippen LogP contribution >= 0.6 is 0 Å². The zero-order valence-corrected chi connectivity index (χ0v) is 16.7. The Balaban J connectivity index is 3.11. The van der Waals surface area contributed by atoms with Crippen LogP contribution in [0.15, 0.2) is 58.2 Å². The van der Waals surface area contributed by atoms with Crippen LogP contribution in [-0.4, -0.2) is 24.2 Å². The summed E-state index contributed by atoms with van der Waals surface area (Å²) in [6, 6.07) is 0. The van der Waals surface area contributed by atoms with E-state index in [9.17, 15) is 9.59 Å². The number of hydrogen-bond donors (Lipinski definition) is 1. The maximum absolute atomic E-state index is 11.9. The molecule has 142 valence electrons. The predicted octanol–water partition coefficient (Wildman–Crippen LogP) is 5.15. The van der Waals surface area contributed by atoms with Crippen LogP contribution in [0.5, 0.6) is 0 Å². The predicted molar refractivity (Wildman–Crippen MR) is 105 cm³/mol. The quantitative estimate of drug-likeness (QED) is 0.405. The molecule has 0 aromatic carbocycles. The lowest BCUT2D eigenvalue weighted by Crippen LogP contribution is -2.19. The first-order valence-corrected chi connectivity index (χ1v) is 8.85. The van der Waals surface area contributed by atoms with E-state index in [0.717, 1.165) is 18.1 Å². The molecule has 0 saturated carbocycles. The van der Waals surface area contributed by atoms with E-state index in [0.29, 0.717) is 5.57 Å². The van der Waals surface area contributed by atoms with Crippen molar-refractivity contribution in [2.24, 2.45) is 5.41 Å². The minimum Gasteiger partial charge on any atom is -0.478 e. The Kier molecular flexibility index (Phi) is 7.81. The van der Waals surface area contributed by atoms with Gasteiger partial charge in [-0.1, -0.05) is 43.2 Å². The van der Waals surface area contributed by atoms with Gasteiger partial charge in [0.15, 0.2) is 0 Å². The molecule has 0 spiro atoms. The maximum atomic E-state index is 11.9. The fraction of sp³-hybridized carbons (Fsp3) is 0.455. The van der Waals surface area contributed by atoms with Gasteiger partial charge < -0.3 is 9.84 Å². The van der Waals surface area contributed by atoms with Crippen LogP contribution in [0, 0.1) is 5.41 Å². The van der Waals surface area contributed by atoms with Gasteiger partial charge in [0.1, 0.15) is 0 Å². The van der Waals surface area contributed by atoms with E-state index >= 15 is 0 Å². The third-order valence-corrected chi connectivity index (χ3v) is 4.74. The molecular weight excluding hydrogens is 328 g/mol. The van der Waals surface area contributed by atoms with E-state index in [1.165, 1.54) is 31.1 Å². The molecule has 0 aromatic rings. The van der Waals surface area contributed by atoms with Crippen LogP contribution in [0.3, 0.4) is 0 Å². The largest absolute Gasteiger partial charge is 0.478 e. The summed E-state index contributed by atoms with van der Waals surface area (Å²) >= 11 is 0. The highest BCUT2D eigenvalue weighted by molar-refractivity contribution is 5.96. The molecule has 0 radical (unpaired) electrons. The number of hydrogen-bond acceptors (Lipinski definition) is 3. The van der Waals surface area contributed by atoms with Crippen LogP contribution in [0.1, 0.15) is 53.9 Å². The van der Waals surface area contributed by atoms with Gasteiger partial charge in [0, 0.05) is 6.08 Å². The lowest BCUT2D eigenvalue weighted by atomic mass is 9.72. The van der Waals surface area contributed by atoms with E-state index in [1.54, 1.807) is 19.1 Å². The van der Waals surface area contributed by atoms with Gasteiger partial charge in [-0.3, -0.25) is 0 Å². The molecule has 1 aliphatic rings.